The third-order valence-electron chi connectivity index (χ3n) is 4.74. The Hall–Kier alpha value is -2.86. The van der Waals surface area contributed by atoms with Crippen LogP contribution in [-0.4, -0.2) is 5.97 Å². The second-order valence-electron chi connectivity index (χ2n) is 6.62. The van der Waals surface area contributed by atoms with Gasteiger partial charge in [-0.15, -0.1) is 0 Å². The first-order valence-corrected chi connectivity index (χ1v) is 9.63. The fourth-order valence-electron chi connectivity index (χ4n) is 3.20. The normalized spacial score (nSPS) is 13.1. The van der Waals surface area contributed by atoms with Gasteiger partial charge in [0.25, 0.3) is 0 Å². The molecule has 0 radical (unpaired) electrons. The molecule has 2 rings (SSSR count). The van der Waals surface area contributed by atoms with Crippen molar-refractivity contribution in [2.45, 2.75) is 45.4 Å². The number of ether oxygens (including phenoxy) is 1. The highest BCUT2D eigenvalue weighted by Crippen LogP contribution is 2.35. The SMILES string of the molecule is CCCCC(CC)C(C#N)c1ccccc1OC(=O)C=Cc1ccccc1. The van der Waals surface area contributed by atoms with Gasteiger partial charge in [-0.2, -0.15) is 5.26 Å². The maximum Gasteiger partial charge on any atom is 0.336 e. The van der Waals surface area contributed by atoms with Crippen LogP contribution in [0, 0.1) is 17.2 Å². The lowest BCUT2D eigenvalue weighted by atomic mass is 9.82. The zero-order valence-corrected chi connectivity index (χ0v) is 16.1. The molecule has 2 unspecified atom stereocenters. The summed E-state index contributed by atoms with van der Waals surface area (Å²) in [5.74, 6) is 0.0182. The smallest absolute Gasteiger partial charge is 0.336 e. The first-order valence-electron chi connectivity index (χ1n) is 9.63. The van der Waals surface area contributed by atoms with Gasteiger partial charge in [0, 0.05) is 11.6 Å². The number of unbranched alkanes of at least 4 members (excludes halogenated alkanes) is 1. The van der Waals surface area contributed by atoms with Crippen LogP contribution in [0.5, 0.6) is 5.75 Å². The summed E-state index contributed by atoms with van der Waals surface area (Å²) in [6.07, 6.45) is 7.27. The molecule has 0 aliphatic rings. The van der Waals surface area contributed by atoms with Crippen LogP contribution >= 0.6 is 0 Å². The Balaban J connectivity index is 2.17. The standard InChI is InChI=1S/C24H27NO2/c1-3-5-13-20(4-2)22(18-25)21-14-9-10-15-23(21)27-24(26)17-16-19-11-7-6-8-12-19/h6-12,14-17,20,22H,3-5,13H2,1-2H3. The summed E-state index contributed by atoms with van der Waals surface area (Å²) in [6, 6.07) is 19.4. The van der Waals surface area contributed by atoms with Gasteiger partial charge in [-0.3, -0.25) is 0 Å². The van der Waals surface area contributed by atoms with Crippen molar-refractivity contribution in [3.8, 4) is 11.8 Å². The molecule has 0 spiro atoms. The summed E-state index contributed by atoms with van der Waals surface area (Å²) in [5.41, 5.74) is 1.73. The number of rotatable bonds is 9. The van der Waals surface area contributed by atoms with E-state index >= 15 is 0 Å². The van der Waals surface area contributed by atoms with Gasteiger partial charge in [-0.1, -0.05) is 81.6 Å². The Bertz CT molecular complexity index is 790. The molecule has 2 aromatic rings. The summed E-state index contributed by atoms with van der Waals surface area (Å²) in [4.78, 5) is 12.3. The number of benzene rings is 2. The van der Waals surface area contributed by atoms with Crippen LogP contribution in [-0.2, 0) is 4.79 Å². The first kappa shape index (κ1) is 20.5. The molecule has 0 saturated heterocycles. The molecule has 140 valence electrons. The maximum absolute atomic E-state index is 12.3. The third kappa shape index (κ3) is 6.11. The molecular formula is C24H27NO2. The number of esters is 1. The molecule has 3 heteroatoms. The summed E-state index contributed by atoms with van der Waals surface area (Å²) in [7, 11) is 0. The molecule has 0 N–H and O–H groups in total. The predicted molar refractivity (Wildman–Crippen MR) is 109 cm³/mol. The van der Waals surface area contributed by atoms with Crippen molar-refractivity contribution in [1.82, 2.24) is 0 Å². The van der Waals surface area contributed by atoms with Gasteiger partial charge < -0.3 is 4.74 Å². The number of para-hydroxylation sites is 1. The molecule has 0 fully saturated rings. The lowest BCUT2D eigenvalue weighted by Gasteiger charge is -2.22. The van der Waals surface area contributed by atoms with Gasteiger partial charge in [0.15, 0.2) is 0 Å². The molecule has 27 heavy (non-hydrogen) atoms. The maximum atomic E-state index is 12.3. The van der Waals surface area contributed by atoms with E-state index < -0.39 is 5.97 Å². The van der Waals surface area contributed by atoms with E-state index in [-0.39, 0.29) is 11.8 Å². The first-order chi connectivity index (χ1) is 13.2. The molecule has 2 atom stereocenters. The van der Waals surface area contributed by atoms with Gasteiger partial charge in [-0.25, -0.2) is 4.79 Å². The Morgan fingerprint density at radius 1 is 1.11 bits per heavy atom. The lowest BCUT2D eigenvalue weighted by molar-refractivity contribution is -0.128. The molecule has 0 aromatic heterocycles. The Labute approximate surface area is 162 Å². The van der Waals surface area contributed by atoms with Crippen LogP contribution in [0.3, 0.4) is 0 Å². The number of hydrogen-bond acceptors (Lipinski definition) is 3. The summed E-state index contributed by atoms with van der Waals surface area (Å²) in [6.45, 7) is 4.27. The van der Waals surface area contributed by atoms with Crippen molar-refractivity contribution in [3.05, 3.63) is 71.8 Å². The third-order valence-corrected chi connectivity index (χ3v) is 4.74. The van der Waals surface area contributed by atoms with Crippen LogP contribution in [0.25, 0.3) is 6.08 Å². The lowest BCUT2D eigenvalue weighted by Crippen LogP contribution is -2.14. The van der Waals surface area contributed by atoms with Crippen molar-refractivity contribution in [1.29, 1.82) is 5.26 Å². The van der Waals surface area contributed by atoms with Gasteiger partial charge in [-0.05, 0) is 30.0 Å². The van der Waals surface area contributed by atoms with Gasteiger partial charge in [0.05, 0.1) is 12.0 Å². The topological polar surface area (TPSA) is 50.1 Å². The van der Waals surface area contributed by atoms with Crippen LogP contribution in [0.4, 0.5) is 0 Å². The highest BCUT2D eigenvalue weighted by Gasteiger charge is 2.24. The molecule has 0 amide bonds. The van der Waals surface area contributed by atoms with E-state index in [0.29, 0.717) is 5.75 Å². The molecule has 0 aliphatic carbocycles. The number of hydrogen-bond donors (Lipinski definition) is 0. The average molecular weight is 361 g/mol. The average Bonchev–Trinajstić information content (AvgIpc) is 2.71. The molecule has 0 bridgehead atoms. The summed E-state index contributed by atoms with van der Waals surface area (Å²) in [5, 5.41) is 9.79. The zero-order valence-electron chi connectivity index (χ0n) is 16.1. The molecule has 3 nitrogen and oxygen atoms in total. The minimum atomic E-state index is -0.440. The van der Waals surface area contributed by atoms with Crippen LogP contribution in [0.15, 0.2) is 60.7 Å². The number of nitriles is 1. The number of carbonyl (C=O) groups is 1. The van der Waals surface area contributed by atoms with E-state index in [2.05, 4.69) is 19.9 Å². The van der Waals surface area contributed by atoms with E-state index in [1.165, 1.54) is 6.08 Å². The van der Waals surface area contributed by atoms with Crippen LogP contribution in [0.1, 0.15) is 56.6 Å². The highest BCUT2D eigenvalue weighted by molar-refractivity contribution is 5.88. The minimum Gasteiger partial charge on any atom is -0.423 e. The Kier molecular flexibility index (Phi) is 8.32. The summed E-state index contributed by atoms with van der Waals surface area (Å²) >= 11 is 0. The van der Waals surface area contributed by atoms with Crippen molar-refractivity contribution in [2.24, 2.45) is 5.92 Å². The zero-order chi connectivity index (χ0) is 19.5. The molecular weight excluding hydrogens is 334 g/mol. The quantitative estimate of drug-likeness (QED) is 0.307. The fraction of sp³-hybridized carbons (Fsp3) is 0.333. The van der Waals surface area contributed by atoms with E-state index in [9.17, 15) is 10.1 Å². The van der Waals surface area contributed by atoms with E-state index in [1.807, 2.05) is 48.5 Å². The number of nitrogens with zero attached hydrogens (tertiary/aromatic N) is 1. The molecule has 0 aliphatic heterocycles. The van der Waals surface area contributed by atoms with Crippen molar-refractivity contribution in [2.75, 3.05) is 0 Å². The largest absolute Gasteiger partial charge is 0.423 e. The van der Waals surface area contributed by atoms with Gasteiger partial charge in [0.1, 0.15) is 5.75 Å². The van der Waals surface area contributed by atoms with E-state index in [4.69, 9.17) is 4.74 Å². The van der Waals surface area contributed by atoms with Gasteiger partial charge in [0.2, 0.25) is 0 Å². The predicted octanol–water partition coefficient (Wildman–Crippen LogP) is 6.13. The molecule has 0 saturated carbocycles. The molecule has 0 heterocycles. The van der Waals surface area contributed by atoms with Crippen molar-refractivity contribution in [3.63, 3.8) is 0 Å². The second kappa shape index (κ2) is 11.0. The Morgan fingerprint density at radius 2 is 1.81 bits per heavy atom. The Morgan fingerprint density at radius 3 is 2.48 bits per heavy atom. The van der Waals surface area contributed by atoms with Crippen molar-refractivity contribution < 1.29 is 9.53 Å². The highest BCUT2D eigenvalue weighted by atomic mass is 16.5. The van der Waals surface area contributed by atoms with E-state index in [1.54, 1.807) is 12.1 Å². The number of carbonyl (C=O) groups excluding carboxylic acids is 1. The summed E-state index contributed by atoms with van der Waals surface area (Å²) < 4.78 is 5.57. The van der Waals surface area contributed by atoms with Gasteiger partial charge >= 0.3 is 5.97 Å². The second-order valence-corrected chi connectivity index (χ2v) is 6.62. The van der Waals surface area contributed by atoms with E-state index in [0.717, 1.165) is 36.8 Å². The van der Waals surface area contributed by atoms with Crippen molar-refractivity contribution >= 4 is 12.0 Å². The van der Waals surface area contributed by atoms with Crippen LogP contribution < -0.4 is 4.74 Å². The van der Waals surface area contributed by atoms with Crippen LogP contribution in [0.2, 0.25) is 0 Å². The fourth-order valence-corrected chi connectivity index (χ4v) is 3.20. The molecule has 2 aromatic carbocycles. The monoisotopic (exact) mass is 361 g/mol. The minimum absolute atomic E-state index is 0.259.